The number of carbonyl (C=O) groups excluding carboxylic acids is 1. The average molecular weight is 477 g/mol. The molecule has 0 radical (unpaired) electrons. The van der Waals surface area contributed by atoms with Crippen LogP contribution in [0.2, 0.25) is 5.02 Å². The van der Waals surface area contributed by atoms with Crippen molar-refractivity contribution in [3.05, 3.63) is 88.2 Å². The molecule has 1 aromatic heterocycles. The zero-order valence-corrected chi connectivity index (χ0v) is 19.7. The Morgan fingerprint density at radius 2 is 1.88 bits per heavy atom. The first-order chi connectivity index (χ1) is 16.3. The Morgan fingerprint density at radius 3 is 2.59 bits per heavy atom. The summed E-state index contributed by atoms with van der Waals surface area (Å²) in [5.74, 6) is -1.13. The zero-order chi connectivity index (χ0) is 24.2. The van der Waals surface area contributed by atoms with Crippen molar-refractivity contribution in [2.24, 2.45) is 0 Å². The molecule has 8 heteroatoms. The van der Waals surface area contributed by atoms with Crippen molar-refractivity contribution in [2.45, 2.75) is 19.4 Å². The van der Waals surface area contributed by atoms with Crippen molar-refractivity contribution < 1.29 is 14.7 Å². The minimum atomic E-state index is -0.886. The fourth-order valence-corrected chi connectivity index (χ4v) is 4.05. The summed E-state index contributed by atoms with van der Waals surface area (Å²) in [6.45, 7) is 0.821. The van der Waals surface area contributed by atoms with Crippen LogP contribution in [0.5, 0.6) is 0 Å². The Morgan fingerprint density at radius 1 is 1.12 bits per heavy atom. The van der Waals surface area contributed by atoms with Gasteiger partial charge in [-0.2, -0.15) is 0 Å². The van der Waals surface area contributed by atoms with Gasteiger partial charge in [-0.3, -0.25) is 14.6 Å². The highest BCUT2D eigenvalue weighted by Gasteiger charge is 2.28. The van der Waals surface area contributed by atoms with E-state index in [0.717, 1.165) is 23.4 Å². The molecule has 1 amide bonds. The SMILES string of the molecule is CN(C)Cc1ccc(N/C(=C2\C(=O)Nc3cc(Cl)ccc32)c2ccnc(CCC(=O)O)c2)cc1. The van der Waals surface area contributed by atoms with Gasteiger partial charge >= 0.3 is 5.97 Å². The summed E-state index contributed by atoms with van der Waals surface area (Å²) in [5, 5.41) is 15.9. The number of carboxylic acids is 1. The minimum absolute atomic E-state index is 0.0229. The number of halogens is 1. The van der Waals surface area contributed by atoms with E-state index in [2.05, 4.69) is 20.5 Å². The van der Waals surface area contributed by atoms with Gasteiger partial charge in [0.15, 0.2) is 0 Å². The molecule has 1 aliphatic rings. The molecule has 0 aliphatic carbocycles. The number of fused-ring (bicyclic) bond motifs is 1. The lowest BCUT2D eigenvalue weighted by Crippen LogP contribution is -2.11. The number of hydrogen-bond acceptors (Lipinski definition) is 5. The number of pyridine rings is 1. The molecule has 0 spiro atoms. The highest BCUT2D eigenvalue weighted by Crippen LogP contribution is 2.38. The first-order valence-electron chi connectivity index (χ1n) is 10.8. The van der Waals surface area contributed by atoms with E-state index in [1.165, 1.54) is 5.56 Å². The molecule has 0 bridgehead atoms. The third-order valence-corrected chi connectivity index (χ3v) is 5.63. The quantitative estimate of drug-likeness (QED) is 0.406. The van der Waals surface area contributed by atoms with Crippen LogP contribution in [-0.2, 0) is 22.6 Å². The van der Waals surface area contributed by atoms with E-state index < -0.39 is 5.97 Å². The second-order valence-corrected chi connectivity index (χ2v) is 8.82. The van der Waals surface area contributed by atoms with Gasteiger partial charge in [-0.25, -0.2) is 0 Å². The van der Waals surface area contributed by atoms with E-state index in [0.29, 0.717) is 34.1 Å². The lowest BCUT2D eigenvalue weighted by atomic mass is 9.99. The maximum Gasteiger partial charge on any atom is 0.303 e. The number of anilines is 2. The molecule has 2 aromatic carbocycles. The summed E-state index contributed by atoms with van der Waals surface area (Å²) in [7, 11) is 4.03. The first-order valence-corrected chi connectivity index (χ1v) is 11.2. The third-order valence-electron chi connectivity index (χ3n) is 5.40. The number of benzene rings is 2. The van der Waals surface area contributed by atoms with Gasteiger partial charge in [0.2, 0.25) is 0 Å². The van der Waals surface area contributed by atoms with E-state index in [1.54, 1.807) is 24.4 Å². The largest absolute Gasteiger partial charge is 0.481 e. The van der Waals surface area contributed by atoms with Gasteiger partial charge in [-0.15, -0.1) is 0 Å². The van der Waals surface area contributed by atoms with Crippen LogP contribution in [0.25, 0.3) is 11.3 Å². The molecular formula is C26H25ClN4O3. The Balaban J connectivity index is 1.78. The van der Waals surface area contributed by atoms with Crippen LogP contribution in [-0.4, -0.2) is 41.0 Å². The average Bonchev–Trinajstić information content (AvgIpc) is 3.11. The zero-order valence-electron chi connectivity index (χ0n) is 18.9. The minimum Gasteiger partial charge on any atom is -0.481 e. The van der Waals surface area contributed by atoms with Crippen molar-refractivity contribution in [1.82, 2.24) is 9.88 Å². The van der Waals surface area contributed by atoms with Gasteiger partial charge in [0, 0.05) is 46.7 Å². The van der Waals surface area contributed by atoms with E-state index in [4.69, 9.17) is 16.7 Å². The topological polar surface area (TPSA) is 94.6 Å². The fraction of sp³-hybridized carbons (Fsp3) is 0.192. The van der Waals surface area contributed by atoms with Gasteiger partial charge in [-0.05, 0) is 56.1 Å². The molecular weight excluding hydrogens is 452 g/mol. The number of nitrogens with zero attached hydrogens (tertiary/aromatic N) is 2. The van der Waals surface area contributed by atoms with Crippen molar-refractivity contribution >= 4 is 46.1 Å². The Hall–Kier alpha value is -3.68. The van der Waals surface area contributed by atoms with Crippen LogP contribution in [0.3, 0.4) is 0 Å². The highest BCUT2D eigenvalue weighted by molar-refractivity contribution is 6.38. The van der Waals surface area contributed by atoms with Crippen LogP contribution >= 0.6 is 11.6 Å². The molecule has 174 valence electrons. The number of carbonyl (C=O) groups is 2. The maximum absolute atomic E-state index is 13.1. The van der Waals surface area contributed by atoms with E-state index in [9.17, 15) is 9.59 Å². The molecule has 0 saturated carbocycles. The number of aliphatic carboxylic acids is 1. The number of aromatic nitrogens is 1. The normalized spacial score (nSPS) is 14.1. The highest BCUT2D eigenvalue weighted by atomic mass is 35.5. The van der Waals surface area contributed by atoms with Crippen LogP contribution in [0.1, 0.15) is 28.8 Å². The summed E-state index contributed by atoms with van der Waals surface area (Å²) in [5.41, 5.74) is 5.85. The van der Waals surface area contributed by atoms with Gasteiger partial charge in [0.05, 0.1) is 23.4 Å². The lowest BCUT2D eigenvalue weighted by Gasteiger charge is -2.16. The second-order valence-electron chi connectivity index (χ2n) is 8.38. The van der Waals surface area contributed by atoms with Crippen LogP contribution in [0.4, 0.5) is 11.4 Å². The number of aryl methyl sites for hydroxylation is 1. The summed E-state index contributed by atoms with van der Waals surface area (Å²) >= 11 is 6.13. The molecule has 0 atom stereocenters. The van der Waals surface area contributed by atoms with Crippen LogP contribution in [0, 0.1) is 0 Å². The molecule has 34 heavy (non-hydrogen) atoms. The van der Waals surface area contributed by atoms with Crippen molar-refractivity contribution in [3.63, 3.8) is 0 Å². The molecule has 3 aromatic rings. The molecule has 4 rings (SSSR count). The third kappa shape index (κ3) is 5.44. The van der Waals surface area contributed by atoms with Gasteiger partial charge in [0.1, 0.15) is 0 Å². The molecule has 1 aliphatic heterocycles. The summed E-state index contributed by atoms with van der Waals surface area (Å²) < 4.78 is 0. The van der Waals surface area contributed by atoms with E-state index in [1.807, 2.05) is 50.5 Å². The van der Waals surface area contributed by atoms with Gasteiger partial charge in [0.25, 0.3) is 5.91 Å². The number of carboxylic acid groups (broad SMARTS) is 1. The molecule has 0 saturated heterocycles. The summed E-state index contributed by atoms with van der Waals surface area (Å²) in [4.78, 5) is 30.5. The predicted molar refractivity (Wildman–Crippen MR) is 135 cm³/mol. The summed E-state index contributed by atoms with van der Waals surface area (Å²) in [6, 6.07) is 16.9. The number of nitrogens with one attached hydrogen (secondary N) is 2. The smallest absolute Gasteiger partial charge is 0.303 e. The van der Waals surface area contributed by atoms with E-state index in [-0.39, 0.29) is 12.3 Å². The molecule has 2 heterocycles. The molecule has 0 fully saturated rings. The molecule has 3 N–H and O–H groups in total. The molecule has 0 unspecified atom stereocenters. The fourth-order valence-electron chi connectivity index (χ4n) is 3.88. The Kier molecular flexibility index (Phi) is 6.95. The molecule has 7 nitrogen and oxygen atoms in total. The standard InChI is InChI=1S/C26H25ClN4O3/c1-31(2)15-16-3-6-19(7-4-16)29-25(17-11-12-28-20(13-17)8-10-23(32)33)24-21-9-5-18(27)14-22(21)30-26(24)34/h3-7,9,11-14,29H,8,10,15H2,1-2H3,(H,30,34)(H,32,33)/b25-24-. The lowest BCUT2D eigenvalue weighted by molar-refractivity contribution is -0.137. The number of rotatable bonds is 8. The Labute approximate surface area is 203 Å². The van der Waals surface area contributed by atoms with Crippen LogP contribution in [0.15, 0.2) is 60.8 Å². The number of hydrogen-bond donors (Lipinski definition) is 3. The van der Waals surface area contributed by atoms with Gasteiger partial charge in [-0.1, -0.05) is 29.8 Å². The maximum atomic E-state index is 13.1. The predicted octanol–water partition coefficient (Wildman–Crippen LogP) is 4.75. The van der Waals surface area contributed by atoms with Crippen molar-refractivity contribution in [3.8, 4) is 0 Å². The second kappa shape index (κ2) is 10.1. The monoisotopic (exact) mass is 476 g/mol. The van der Waals surface area contributed by atoms with Crippen molar-refractivity contribution in [2.75, 3.05) is 24.7 Å². The van der Waals surface area contributed by atoms with Crippen LogP contribution < -0.4 is 10.6 Å². The number of amides is 1. The van der Waals surface area contributed by atoms with Crippen molar-refractivity contribution in [1.29, 1.82) is 0 Å². The Bertz CT molecular complexity index is 1270. The van der Waals surface area contributed by atoms with E-state index >= 15 is 0 Å². The first kappa shape index (κ1) is 23.5. The summed E-state index contributed by atoms with van der Waals surface area (Å²) in [6.07, 6.45) is 1.90. The van der Waals surface area contributed by atoms with Gasteiger partial charge < -0.3 is 20.6 Å².